The van der Waals surface area contributed by atoms with Gasteiger partial charge in [0.25, 0.3) is 0 Å². The Kier molecular flexibility index (Phi) is 4.42. The molecule has 1 aliphatic heterocycles. The van der Waals surface area contributed by atoms with Gasteiger partial charge < -0.3 is 10.6 Å². The first-order valence-corrected chi connectivity index (χ1v) is 7.86. The van der Waals surface area contributed by atoms with Gasteiger partial charge in [0.05, 0.1) is 18.4 Å². The number of benzene rings is 1. The van der Waals surface area contributed by atoms with E-state index in [0.717, 1.165) is 24.3 Å². The van der Waals surface area contributed by atoms with Crippen LogP contribution in [0.1, 0.15) is 25.3 Å². The SMILES string of the molecule is CC1CCCN(C(N)=NCc2cnn(-c3ccccc3)c2)C1. The summed E-state index contributed by atoms with van der Waals surface area (Å²) < 4.78 is 1.87. The van der Waals surface area contributed by atoms with Crippen molar-refractivity contribution < 1.29 is 0 Å². The molecule has 0 amide bonds. The van der Waals surface area contributed by atoms with Gasteiger partial charge in [0.2, 0.25) is 0 Å². The Morgan fingerprint density at radius 2 is 2.18 bits per heavy atom. The van der Waals surface area contributed by atoms with Gasteiger partial charge in [0, 0.05) is 24.8 Å². The first-order chi connectivity index (χ1) is 10.7. The molecule has 0 bridgehead atoms. The van der Waals surface area contributed by atoms with Gasteiger partial charge in [-0.3, -0.25) is 0 Å². The molecule has 0 spiro atoms. The molecule has 2 aromatic rings. The van der Waals surface area contributed by atoms with E-state index in [-0.39, 0.29) is 0 Å². The highest BCUT2D eigenvalue weighted by molar-refractivity contribution is 5.78. The number of piperidine rings is 1. The number of aliphatic imine (C=N–C) groups is 1. The highest BCUT2D eigenvalue weighted by atomic mass is 15.3. The van der Waals surface area contributed by atoms with E-state index in [4.69, 9.17) is 5.73 Å². The number of para-hydroxylation sites is 1. The van der Waals surface area contributed by atoms with Crippen molar-refractivity contribution in [3.63, 3.8) is 0 Å². The summed E-state index contributed by atoms with van der Waals surface area (Å²) in [6.45, 7) is 4.87. The summed E-state index contributed by atoms with van der Waals surface area (Å²) in [6.07, 6.45) is 6.34. The van der Waals surface area contributed by atoms with Gasteiger partial charge in [-0.05, 0) is 30.9 Å². The van der Waals surface area contributed by atoms with Crippen LogP contribution in [-0.4, -0.2) is 33.7 Å². The Morgan fingerprint density at radius 3 is 2.95 bits per heavy atom. The van der Waals surface area contributed by atoms with Gasteiger partial charge in [0.15, 0.2) is 5.96 Å². The van der Waals surface area contributed by atoms with Gasteiger partial charge >= 0.3 is 0 Å². The van der Waals surface area contributed by atoms with Gasteiger partial charge in [-0.15, -0.1) is 0 Å². The number of likely N-dealkylation sites (tertiary alicyclic amines) is 1. The smallest absolute Gasteiger partial charge is 0.191 e. The Bertz CT molecular complexity index is 632. The molecule has 1 saturated heterocycles. The van der Waals surface area contributed by atoms with Crippen LogP contribution in [0, 0.1) is 5.92 Å². The van der Waals surface area contributed by atoms with Crippen molar-refractivity contribution in [2.45, 2.75) is 26.3 Å². The number of aromatic nitrogens is 2. The number of hydrogen-bond acceptors (Lipinski definition) is 2. The van der Waals surface area contributed by atoms with Crippen LogP contribution >= 0.6 is 0 Å². The van der Waals surface area contributed by atoms with E-state index in [9.17, 15) is 0 Å². The summed E-state index contributed by atoms with van der Waals surface area (Å²) in [4.78, 5) is 6.72. The Labute approximate surface area is 131 Å². The van der Waals surface area contributed by atoms with E-state index in [1.54, 1.807) is 0 Å². The van der Waals surface area contributed by atoms with Crippen molar-refractivity contribution in [1.29, 1.82) is 0 Å². The number of rotatable bonds is 3. The van der Waals surface area contributed by atoms with Crippen LogP contribution < -0.4 is 5.73 Å². The quantitative estimate of drug-likeness (QED) is 0.699. The molecule has 1 atom stereocenters. The molecular weight excluding hydrogens is 274 g/mol. The van der Waals surface area contributed by atoms with Crippen LogP contribution in [0.5, 0.6) is 0 Å². The standard InChI is InChI=1S/C17H23N5/c1-14-6-5-9-21(12-14)17(18)19-10-15-11-20-22(13-15)16-7-3-2-4-8-16/h2-4,7-8,11,13-14H,5-6,9-10,12H2,1H3,(H2,18,19). The van der Waals surface area contributed by atoms with Crippen LogP contribution in [0.15, 0.2) is 47.7 Å². The topological polar surface area (TPSA) is 59.4 Å². The van der Waals surface area contributed by atoms with Gasteiger partial charge in [-0.2, -0.15) is 5.10 Å². The zero-order valence-electron chi connectivity index (χ0n) is 13.0. The largest absolute Gasteiger partial charge is 0.370 e. The van der Waals surface area contributed by atoms with E-state index in [0.29, 0.717) is 18.4 Å². The summed E-state index contributed by atoms with van der Waals surface area (Å²) >= 11 is 0. The van der Waals surface area contributed by atoms with Crippen LogP contribution in [0.3, 0.4) is 0 Å². The lowest BCUT2D eigenvalue weighted by Crippen LogP contribution is -2.43. The summed E-state index contributed by atoms with van der Waals surface area (Å²) in [6, 6.07) is 10.1. The molecule has 5 heteroatoms. The second kappa shape index (κ2) is 6.64. The minimum absolute atomic E-state index is 0.573. The zero-order chi connectivity index (χ0) is 15.4. The number of hydrogen-bond donors (Lipinski definition) is 1. The maximum atomic E-state index is 6.13. The van der Waals surface area contributed by atoms with Crippen molar-refractivity contribution in [2.24, 2.45) is 16.6 Å². The maximum absolute atomic E-state index is 6.13. The average Bonchev–Trinajstić information content (AvgIpc) is 3.02. The van der Waals surface area contributed by atoms with Crippen LogP contribution in [0.25, 0.3) is 5.69 Å². The van der Waals surface area contributed by atoms with E-state index < -0.39 is 0 Å². The molecular formula is C17H23N5. The number of guanidine groups is 1. The molecule has 0 saturated carbocycles. The lowest BCUT2D eigenvalue weighted by Gasteiger charge is -2.31. The molecule has 1 aromatic heterocycles. The van der Waals surface area contributed by atoms with Gasteiger partial charge in [-0.25, -0.2) is 9.67 Å². The normalized spacial score (nSPS) is 19.4. The molecule has 3 rings (SSSR count). The third-order valence-corrected chi connectivity index (χ3v) is 4.06. The summed E-state index contributed by atoms with van der Waals surface area (Å²) in [7, 11) is 0. The molecule has 1 aromatic carbocycles. The van der Waals surface area contributed by atoms with Gasteiger partial charge in [0.1, 0.15) is 0 Å². The van der Waals surface area contributed by atoms with E-state index >= 15 is 0 Å². The molecule has 22 heavy (non-hydrogen) atoms. The van der Waals surface area contributed by atoms with Crippen LogP contribution in [-0.2, 0) is 6.54 Å². The first-order valence-electron chi connectivity index (χ1n) is 7.86. The fourth-order valence-corrected chi connectivity index (χ4v) is 2.83. The van der Waals surface area contributed by atoms with Crippen molar-refractivity contribution in [1.82, 2.24) is 14.7 Å². The zero-order valence-corrected chi connectivity index (χ0v) is 13.0. The van der Waals surface area contributed by atoms with E-state index in [2.05, 4.69) is 21.9 Å². The van der Waals surface area contributed by atoms with E-state index in [1.165, 1.54) is 12.8 Å². The molecule has 0 radical (unpaired) electrons. The Morgan fingerprint density at radius 1 is 1.36 bits per heavy atom. The van der Waals surface area contributed by atoms with Crippen molar-refractivity contribution in [3.8, 4) is 5.69 Å². The van der Waals surface area contributed by atoms with Crippen molar-refractivity contribution in [3.05, 3.63) is 48.3 Å². The maximum Gasteiger partial charge on any atom is 0.191 e. The Hall–Kier alpha value is -2.30. The highest BCUT2D eigenvalue weighted by Crippen LogP contribution is 2.15. The van der Waals surface area contributed by atoms with Crippen LogP contribution in [0.4, 0.5) is 0 Å². The third kappa shape index (κ3) is 3.47. The molecule has 1 aliphatic rings. The molecule has 1 fully saturated rings. The monoisotopic (exact) mass is 297 g/mol. The van der Waals surface area contributed by atoms with E-state index in [1.807, 2.05) is 47.4 Å². The number of nitrogens with two attached hydrogens (primary N) is 1. The van der Waals surface area contributed by atoms with Crippen molar-refractivity contribution in [2.75, 3.05) is 13.1 Å². The molecule has 0 aliphatic carbocycles. The average molecular weight is 297 g/mol. The molecule has 116 valence electrons. The number of nitrogens with zero attached hydrogens (tertiary/aromatic N) is 4. The second-order valence-corrected chi connectivity index (χ2v) is 6.00. The van der Waals surface area contributed by atoms with Crippen LogP contribution in [0.2, 0.25) is 0 Å². The first kappa shape index (κ1) is 14.6. The highest BCUT2D eigenvalue weighted by Gasteiger charge is 2.17. The predicted octanol–water partition coefficient (Wildman–Crippen LogP) is 2.42. The second-order valence-electron chi connectivity index (χ2n) is 6.00. The summed E-state index contributed by atoms with van der Waals surface area (Å²) in [5.74, 6) is 1.35. The molecule has 5 nitrogen and oxygen atoms in total. The van der Waals surface area contributed by atoms with Crippen molar-refractivity contribution >= 4 is 5.96 Å². The van der Waals surface area contributed by atoms with Gasteiger partial charge in [-0.1, -0.05) is 25.1 Å². The third-order valence-electron chi connectivity index (χ3n) is 4.06. The fourth-order valence-electron chi connectivity index (χ4n) is 2.83. The minimum atomic E-state index is 0.573. The lowest BCUT2D eigenvalue weighted by molar-refractivity contribution is 0.270. The fraction of sp³-hybridized carbons (Fsp3) is 0.412. The minimum Gasteiger partial charge on any atom is -0.370 e. The Balaban J connectivity index is 1.64. The predicted molar refractivity (Wildman–Crippen MR) is 88.9 cm³/mol. The molecule has 2 heterocycles. The lowest BCUT2D eigenvalue weighted by atomic mass is 10.0. The molecule has 2 N–H and O–H groups in total. The summed E-state index contributed by atoms with van der Waals surface area (Å²) in [5, 5.41) is 4.38. The molecule has 1 unspecified atom stereocenters. The summed E-state index contributed by atoms with van der Waals surface area (Å²) in [5.41, 5.74) is 8.24.